The Bertz CT molecular complexity index is 1020. The lowest BCUT2D eigenvalue weighted by Gasteiger charge is -2.18. The van der Waals surface area contributed by atoms with Gasteiger partial charge in [0.15, 0.2) is 0 Å². The van der Waals surface area contributed by atoms with Crippen molar-refractivity contribution in [1.82, 2.24) is 24.7 Å². The van der Waals surface area contributed by atoms with Crippen LogP contribution in [0.25, 0.3) is 16.6 Å². The normalized spacial score (nSPS) is 19.0. The minimum Gasteiger partial charge on any atom is -0.494 e. The first-order valence-electron chi connectivity index (χ1n) is 8.68. The quantitative estimate of drug-likeness (QED) is 0.785. The van der Waals surface area contributed by atoms with Gasteiger partial charge in [-0.25, -0.2) is 4.52 Å². The molecule has 26 heavy (non-hydrogen) atoms. The molecule has 0 spiro atoms. The van der Waals surface area contributed by atoms with Crippen LogP contribution in [0.15, 0.2) is 24.7 Å². The van der Waals surface area contributed by atoms with Crippen molar-refractivity contribution >= 4 is 5.52 Å². The van der Waals surface area contributed by atoms with E-state index in [1.165, 1.54) is 0 Å². The summed E-state index contributed by atoms with van der Waals surface area (Å²) in [5, 5.41) is 21.8. The summed E-state index contributed by atoms with van der Waals surface area (Å²) in [7, 11) is 1.61. The highest BCUT2D eigenvalue weighted by Gasteiger charge is 2.32. The van der Waals surface area contributed by atoms with Crippen LogP contribution in [0.5, 0.6) is 5.75 Å². The van der Waals surface area contributed by atoms with Crippen molar-refractivity contribution in [2.45, 2.75) is 38.8 Å². The van der Waals surface area contributed by atoms with Gasteiger partial charge in [-0.3, -0.25) is 4.68 Å². The molecule has 7 nitrogen and oxygen atoms in total. The highest BCUT2D eigenvalue weighted by molar-refractivity contribution is 5.75. The second-order valence-corrected chi connectivity index (χ2v) is 7.47. The number of methoxy groups -OCH3 is 1. The molecule has 0 aromatic carbocycles. The number of ether oxygens (including phenoxy) is 1. The van der Waals surface area contributed by atoms with Crippen molar-refractivity contribution in [3.8, 4) is 22.9 Å². The third-order valence-electron chi connectivity index (χ3n) is 5.18. The van der Waals surface area contributed by atoms with Gasteiger partial charge < -0.3 is 10.1 Å². The van der Waals surface area contributed by atoms with Crippen molar-refractivity contribution < 1.29 is 4.74 Å². The van der Waals surface area contributed by atoms with Crippen LogP contribution in [0.4, 0.5) is 0 Å². The molecule has 3 aromatic rings. The third kappa shape index (κ3) is 2.54. The van der Waals surface area contributed by atoms with E-state index in [-0.39, 0.29) is 5.54 Å². The number of nitrogens with zero attached hydrogens (tertiary/aromatic N) is 5. The van der Waals surface area contributed by atoms with E-state index < -0.39 is 0 Å². The molecule has 4 rings (SSSR count). The number of nitrogens with one attached hydrogen (secondary N) is 1. The van der Waals surface area contributed by atoms with Crippen molar-refractivity contribution in [1.29, 1.82) is 5.26 Å². The molecule has 0 bridgehead atoms. The minimum absolute atomic E-state index is 0.133. The number of rotatable bonds is 3. The van der Waals surface area contributed by atoms with Gasteiger partial charge in [0.25, 0.3) is 0 Å². The predicted molar refractivity (Wildman–Crippen MR) is 98.2 cm³/mol. The molecular weight excluding hydrogens is 328 g/mol. The van der Waals surface area contributed by atoms with E-state index in [0.717, 1.165) is 29.8 Å². The first kappa shape index (κ1) is 16.6. The summed E-state index contributed by atoms with van der Waals surface area (Å²) in [6.07, 6.45) is 6.42. The lowest BCUT2D eigenvalue weighted by Crippen LogP contribution is -2.31. The average Bonchev–Trinajstić information content (AvgIpc) is 3.30. The lowest BCUT2D eigenvalue weighted by atomic mass is 10.0. The van der Waals surface area contributed by atoms with Gasteiger partial charge in [0.1, 0.15) is 22.9 Å². The fourth-order valence-corrected chi connectivity index (χ4v) is 3.84. The SMILES string of the molecule is COc1cc(-c2cnn(C3CNC(C)(C)C3)c2C)cn2ncc(C#N)c12. The second-order valence-electron chi connectivity index (χ2n) is 7.47. The van der Waals surface area contributed by atoms with Crippen LogP contribution in [0.3, 0.4) is 0 Å². The van der Waals surface area contributed by atoms with Gasteiger partial charge in [0, 0.05) is 35.1 Å². The number of hydrogen-bond acceptors (Lipinski definition) is 5. The standard InChI is InChI=1S/C19H22N6O/c1-12-16(10-23-25(12)15-6-19(2,3)21-9-15)13-5-17(26-4)18-14(7-20)8-22-24(18)11-13/h5,8,10-11,15,21H,6,9H2,1-4H3. The first-order valence-corrected chi connectivity index (χ1v) is 8.68. The highest BCUT2D eigenvalue weighted by Crippen LogP contribution is 2.34. The smallest absolute Gasteiger partial charge is 0.146 e. The summed E-state index contributed by atoms with van der Waals surface area (Å²) in [5.41, 5.74) is 4.45. The van der Waals surface area contributed by atoms with Gasteiger partial charge in [-0.15, -0.1) is 0 Å². The van der Waals surface area contributed by atoms with E-state index in [0.29, 0.717) is 22.9 Å². The molecule has 7 heteroatoms. The molecule has 0 aliphatic carbocycles. The predicted octanol–water partition coefficient (Wildman–Crippen LogP) is 2.70. The molecule has 1 atom stereocenters. The van der Waals surface area contributed by atoms with E-state index in [4.69, 9.17) is 4.74 Å². The van der Waals surface area contributed by atoms with Crippen molar-refractivity contribution in [2.75, 3.05) is 13.7 Å². The van der Waals surface area contributed by atoms with Crippen LogP contribution >= 0.6 is 0 Å². The summed E-state index contributed by atoms with van der Waals surface area (Å²) >= 11 is 0. The monoisotopic (exact) mass is 350 g/mol. The van der Waals surface area contributed by atoms with Crippen LogP contribution in [0.1, 0.15) is 37.6 Å². The van der Waals surface area contributed by atoms with Gasteiger partial charge in [-0.05, 0) is 33.3 Å². The lowest BCUT2D eigenvalue weighted by molar-refractivity contribution is 0.417. The summed E-state index contributed by atoms with van der Waals surface area (Å²) in [6, 6.07) is 4.45. The average molecular weight is 350 g/mol. The summed E-state index contributed by atoms with van der Waals surface area (Å²) < 4.78 is 9.32. The summed E-state index contributed by atoms with van der Waals surface area (Å²) in [6.45, 7) is 7.45. The van der Waals surface area contributed by atoms with Crippen LogP contribution < -0.4 is 10.1 Å². The topological polar surface area (TPSA) is 80.2 Å². The number of hydrogen-bond donors (Lipinski definition) is 1. The number of nitriles is 1. The Labute approximate surface area is 152 Å². The van der Waals surface area contributed by atoms with Crippen LogP contribution in [-0.2, 0) is 0 Å². The van der Waals surface area contributed by atoms with E-state index in [9.17, 15) is 5.26 Å². The number of fused-ring (bicyclic) bond motifs is 1. The summed E-state index contributed by atoms with van der Waals surface area (Å²) in [5.74, 6) is 0.632. The summed E-state index contributed by atoms with van der Waals surface area (Å²) in [4.78, 5) is 0. The van der Waals surface area contributed by atoms with Crippen molar-refractivity contribution in [3.05, 3.63) is 35.9 Å². The molecule has 1 fully saturated rings. The molecule has 1 unspecified atom stereocenters. The van der Waals surface area contributed by atoms with E-state index >= 15 is 0 Å². The van der Waals surface area contributed by atoms with E-state index in [1.54, 1.807) is 17.8 Å². The molecule has 1 N–H and O–H groups in total. The van der Waals surface area contributed by atoms with Crippen LogP contribution in [0, 0.1) is 18.3 Å². The minimum atomic E-state index is 0.133. The maximum absolute atomic E-state index is 9.26. The Morgan fingerprint density at radius 1 is 1.35 bits per heavy atom. The van der Waals surface area contributed by atoms with Crippen molar-refractivity contribution in [2.24, 2.45) is 0 Å². The molecule has 134 valence electrons. The van der Waals surface area contributed by atoms with Crippen molar-refractivity contribution in [3.63, 3.8) is 0 Å². The maximum atomic E-state index is 9.26. The third-order valence-corrected chi connectivity index (χ3v) is 5.18. The molecule has 1 aliphatic rings. The highest BCUT2D eigenvalue weighted by atomic mass is 16.5. The fraction of sp³-hybridized carbons (Fsp3) is 0.421. The maximum Gasteiger partial charge on any atom is 0.146 e. The molecule has 0 saturated carbocycles. The first-order chi connectivity index (χ1) is 12.4. The van der Waals surface area contributed by atoms with E-state index in [1.807, 2.05) is 18.5 Å². The molecular formula is C19H22N6O. The second kappa shape index (κ2) is 5.85. The largest absolute Gasteiger partial charge is 0.494 e. The zero-order valence-corrected chi connectivity index (χ0v) is 15.4. The van der Waals surface area contributed by atoms with Gasteiger partial charge in [0.05, 0.1) is 25.5 Å². The fourth-order valence-electron chi connectivity index (χ4n) is 3.84. The zero-order chi connectivity index (χ0) is 18.5. The van der Waals surface area contributed by atoms with Gasteiger partial charge in [0.2, 0.25) is 0 Å². The van der Waals surface area contributed by atoms with Gasteiger partial charge in [-0.1, -0.05) is 0 Å². The number of aromatic nitrogens is 4. The molecule has 3 aromatic heterocycles. The zero-order valence-electron chi connectivity index (χ0n) is 15.4. The van der Waals surface area contributed by atoms with E-state index in [2.05, 4.69) is 47.0 Å². The molecule has 0 radical (unpaired) electrons. The molecule has 1 aliphatic heterocycles. The molecule has 1 saturated heterocycles. The van der Waals surface area contributed by atoms with Gasteiger partial charge in [-0.2, -0.15) is 15.5 Å². The van der Waals surface area contributed by atoms with Crippen LogP contribution in [-0.4, -0.2) is 38.6 Å². The Morgan fingerprint density at radius 2 is 2.15 bits per heavy atom. The Balaban J connectivity index is 1.78. The Hall–Kier alpha value is -2.85. The van der Waals surface area contributed by atoms with Gasteiger partial charge >= 0.3 is 0 Å². The Kier molecular flexibility index (Phi) is 3.74. The molecule has 4 heterocycles. The van der Waals surface area contributed by atoms with Crippen LogP contribution in [0.2, 0.25) is 0 Å². The number of pyridine rings is 1. The molecule has 0 amide bonds. The Morgan fingerprint density at radius 3 is 2.81 bits per heavy atom.